The van der Waals surface area contributed by atoms with Crippen LogP contribution in [0.2, 0.25) is 0 Å². The molecule has 9 nitrogen and oxygen atoms in total. The van der Waals surface area contributed by atoms with Crippen LogP contribution in [0.15, 0.2) is 77.6 Å². The molecule has 0 saturated carbocycles. The molecule has 1 atom stereocenters. The summed E-state index contributed by atoms with van der Waals surface area (Å²) >= 11 is 0. The Morgan fingerprint density at radius 2 is 1.80 bits per heavy atom. The second-order valence-electron chi connectivity index (χ2n) is 10.2. The minimum absolute atomic E-state index is 0.131. The number of methoxy groups -OCH3 is 1. The standard InChI is InChI=1S/C31H36FN5O4/c1-21(2)28(35(16-6-15-33)30(39)24-13-11-22(20-38)12-14-24)29-34-37(26-9-5-8-25(32)18-26)31(40)36(29)19-23-7-4-10-27(17-23)41-3/h4-5,7-14,17-18,21,28,38H,6,15-16,19-20,33H2,1-3H3. The molecular weight excluding hydrogens is 525 g/mol. The molecule has 0 aliphatic heterocycles. The van der Waals surface area contributed by atoms with Gasteiger partial charge in [-0.2, -0.15) is 4.68 Å². The van der Waals surface area contributed by atoms with Gasteiger partial charge in [0, 0.05) is 12.1 Å². The molecule has 41 heavy (non-hydrogen) atoms. The summed E-state index contributed by atoms with van der Waals surface area (Å²) < 4.78 is 22.3. The maximum atomic E-state index is 14.2. The lowest BCUT2D eigenvalue weighted by Crippen LogP contribution is -2.40. The third kappa shape index (κ3) is 6.72. The van der Waals surface area contributed by atoms with E-state index in [1.165, 1.54) is 27.4 Å². The van der Waals surface area contributed by atoms with E-state index in [9.17, 15) is 19.1 Å². The number of nitrogens with two attached hydrogens (primary N) is 1. The number of ether oxygens (including phenoxy) is 1. The number of carbonyl (C=O) groups is 1. The molecule has 0 aliphatic carbocycles. The molecule has 0 aliphatic rings. The summed E-state index contributed by atoms with van der Waals surface area (Å²) in [5.41, 5.74) is 7.61. The minimum Gasteiger partial charge on any atom is -0.497 e. The van der Waals surface area contributed by atoms with Crippen LogP contribution >= 0.6 is 0 Å². The topological polar surface area (TPSA) is 116 Å². The third-order valence-corrected chi connectivity index (χ3v) is 6.90. The first-order chi connectivity index (χ1) is 19.8. The highest BCUT2D eigenvalue weighted by Crippen LogP contribution is 2.30. The SMILES string of the molecule is COc1cccc(Cn2c(C(C(C)C)N(CCCN)C(=O)c3ccc(CO)cc3)nn(-c3cccc(F)c3)c2=O)c1. The van der Waals surface area contributed by atoms with Crippen LogP contribution in [0.5, 0.6) is 5.75 Å². The summed E-state index contributed by atoms with van der Waals surface area (Å²) in [4.78, 5) is 29.6. The molecule has 3 aromatic carbocycles. The van der Waals surface area contributed by atoms with Crippen molar-refractivity contribution in [2.75, 3.05) is 20.2 Å². The number of aliphatic hydroxyl groups excluding tert-OH is 1. The number of aliphatic hydroxyl groups is 1. The molecule has 0 spiro atoms. The van der Waals surface area contributed by atoms with Gasteiger partial charge in [-0.15, -0.1) is 5.10 Å². The van der Waals surface area contributed by atoms with Gasteiger partial charge in [0.2, 0.25) is 0 Å². The second kappa shape index (κ2) is 13.4. The lowest BCUT2D eigenvalue weighted by atomic mass is 9.99. The normalized spacial score (nSPS) is 12.0. The largest absolute Gasteiger partial charge is 0.497 e. The van der Waals surface area contributed by atoms with Gasteiger partial charge in [0.05, 0.1) is 32.0 Å². The van der Waals surface area contributed by atoms with Crippen molar-refractivity contribution in [3.8, 4) is 11.4 Å². The predicted molar refractivity (Wildman–Crippen MR) is 155 cm³/mol. The van der Waals surface area contributed by atoms with E-state index >= 15 is 0 Å². The zero-order valence-electron chi connectivity index (χ0n) is 23.5. The highest BCUT2D eigenvalue weighted by Gasteiger charge is 2.34. The fourth-order valence-corrected chi connectivity index (χ4v) is 4.85. The van der Waals surface area contributed by atoms with E-state index in [0.717, 1.165) is 5.56 Å². The molecule has 3 N–H and O–H groups in total. The molecule has 1 amide bonds. The van der Waals surface area contributed by atoms with Crippen LogP contribution in [0, 0.1) is 11.7 Å². The van der Waals surface area contributed by atoms with E-state index in [2.05, 4.69) is 0 Å². The van der Waals surface area contributed by atoms with Crippen molar-refractivity contribution in [3.63, 3.8) is 0 Å². The van der Waals surface area contributed by atoms with Gasteiger partial charge in [0.1, 0.15) is 11.6 Å². The molecule has 0 radical (unpaired) electrons. The van der Waals surface area contributed by atoms with Gasteiger partial charge in [-0.25, -0.2) is 9.18 Å². The number of benzene rings is 3. The van der Waals surface area contributed by atoms with Crippen LogP contribution in [0.25, 0.3) is 5.69 Å². The van der Waals surface area contributed by atoms with Gasteiger partial charge >= 0.3 is 5.69 Å². The smallest absolute Gasteiger partial charge is 0.351 e. The highest BCUT2D eigenvalue weighted by molar-refractivity contribution is 5.94. The molecule has 4 aromatic rings. The fraction of sp³-hybridized carbons (Fsp3) is 0.323. The van der Waals surface area contributed by atoms with E-state index in [1.54, 1.807) is 42.3 Å². The van der Waals surface area contributed by atoms with Crippen LogP contribution in [0.4, 0.5) is 4.39 Å². The Labute approximate surface area is 238 Å². The lowest BCUT2D eigenvalue weighted by Gasteiger charge is -2.34. The van der Waals surface area contributed by atoms with Crippen molar-refractivity contribution in [2.24, 2.45) is 11.7 Å². The molecule has 0 bridgehead atoms. The summed E-state index contributed by atoms with van der Waals surface area (Å²) in [5, 5.41) is 14.2. The van der Waals surface area contributed by atoms with E-state index in [1.807, 2.05) is 38.1 Å². The molecular formula is C31H36FN5O4. The van der Waals surface area contributed by atoms with Crippen LogP contribution in [-0.4, -0.2) is 50.5 Å². The third-order valence-electron chi connectivity index (χ3n) is 6.90. The number of halogens is 1. The number of nitrogens with zero attached hydrogens (tertiary/aromatic N) is 4. The minimum atomic E-state index is -0.611. The van der Waals surface area contributed by atoms with Gasteiger partial charge in [0.25, 0.3) is 5.91 Å². The summed E-state index contributed by atoms with van der Waals surface area (Å²) in [6.45, 7) is 4.65. The number of carbonyl (C=O) groups excluding carboxylic acids is 1. The first-order valence-electron chi connectivity index (χ1n) is 13.6. The van der Waals surface area contributed by atoms with Gasteiger partial charge in [-0.3, -0.25) is 9.36 Å². The Balaban J connectivity index is 1.88. The summed E-state index contributed by atoms with van der Waals surface area (Å²) in [5.74, 6) is 0.114. The van der Waals surface area contributed by atoms with Crippen molar-refractivity contribution >= 4 is 5.91 Å². The Morgan fingerprint density at radius 1 is 1.07 bits per heavy atom. The maximum absolute atomic E-state index is 14.2. The zero-order valence-corrected chi connectivity index (χ0v) is 23.5. The average molecular weight is 562 g/mol. The van der Waals surface area contributed by atoms with Gasteiger partial charge in [-0.1, -0.05) is 44.2 Å². The Bertz CT molecular complexity index is 1530. The fourth-order valence-electron chi connectivity index (χ4n) is 4.85. The van der Waals surface area contributed by atoms with Crippen LogP contribution in [0.1, 0.15) is 53.6 Å². The Morgan fingerprint density at radius 3 is 2.44 bits per heavy atom. The molecule has 0 saturated heterocycles. The quantitative estimate of drug-likeness (QED) is 0.271. The van der Waals surface area contributed by atoms with Crippen LogP contribution in [0.3, 0.4) is 0 Å². The molecule has 10 heteroatoms. The van der Waals surface area contributed by atoms with Crippen LogP contribution in [-0.2, 0) is 13.2 Å². The Kier molecular flexibility index (Phi) is 9.69. The predicted octanol–water partition coefficient (Wildman–Crippen LogP) is 3.91. The van der Waals surface area contributed by atoms with E-state index in [4.69, 9.17) is 15.6 Å². The number of aromatic nitrogens is 3. The number of amides is 1. The summed E-state index contributed by atoms with van der Waals surface area (Å²) in [7, 11) is 1.57. The first-order valence-corrected chi connectivity index (χ1v) is 13.6. The molecule has 1 unspecified atom stereocenters. The average Bonchev–Trinajstić information content (AvgIpc) is 3.29. The van der Waals surface area contributed by atoms with Crippen molar-refractivity contribution in [1.29, 1.82) is 0 Å². The monoisotopic (exact) mass is 561 g/mol. The van der Waals surface area contributed by atoms with Gasteiger partial charge in [0.15, 0.2) is 5.82 Å². The van der Waals surface area contributed by atoms with Crippen LogP contribution < -0.4 is 16.2 Å². The molecule has 1 heterocycles. The number of rotatable bonds is 12. The van der Waals surface area contributed by atoms with Crippen molar-refractivity contribution in [3.05, 3.63) is 112 Å². The number of hydrogen-bond donors (Lipinski definition) is 2. The molecule has 1 aromatic heterocycles. The Hall–Kier alpha value is -4.28. The van der Waals surface area contributed by atoms with E-state index in [-0.39, 0.29) is 30.7 Å². The van der Waals surface area contributed by atoms with Crippen molar-refractivity contribution in [2.45, 2.75) is 39.5 Å². The molecule has 4 rings (SSSR count). The van der Waals surface area contributed by atoms with Crippen molar-refractivity contribution in [1.82, 2.24) is 19.2 Å². The van der Waals surface area contributed by atoms with Crippen molar-refractivity contribution < 1.29 is 19.0 Å². The first kappa shape index (κ1) is 29.7. The number of hydrogen-bond acceptors (Lipinski definition) is 6. The van der Waals surface area contributed by atoms with E-state index < -0.39 is 17.5 Å². The lowest BCUT2D eigenvalue weighted by molar-refractivity contribution is 0.0603. The highest BCUT2D eigenvalue weighted by atomic mass is 19.1. The van der Waals surface area contributed by atoms with Gasteiger partial charge in [-0.05, 0) is 72.5 Å². The molecule has 216 valence electrons. The van der Waals surface area contributed by atoms with Gasteiger partial charge < -0.3 is 20.5 Å². The van der Waals surface area contributed by atoms with E-state index in [0.29, 0.717) is 42.2 Å². The zero-order chi connectivity index (χ0) is 29.5. The summed E-state index contributed by atoms with van der Waals surface area (Å²) in [6, 6.07) is 19.2. The second-order valence-corrected chi connectivity index (χ2v) is 10.2. The molecule has 0 fully saturated rings. The summed E-state index contributed by atoms with van der Waals surface area (Å²) in [6.07, 6.45) is 0.536. The maximum Gasteiger partial charge on any atom is 0.351 e.